The monoisotopic (exact) mass is 279 g/mol. The fraction of sp³-hybridized carbons (Fsp3) is 0.688. The lowest BCUT2D eigenvalue weighted by atomic mass is 9.57. The quantitative estimate of drug-likeness (QED) is 0.673. The van der Waals surface area contributed by atoms with Gasteiger partial charge in [-0.1, -0.05) is 38.5 Å². The van der Waals surface area contributed by atoms with Crippen LogP contribution < -0.4 is 0 Å². The van der Waals surface area contributed by atoms with E-state index in [4.69, 9.17) is 0 Å². The van der Waals surface area contributed by atoms with Gasteiger partial charge in [0.25, 0.3) is 0 Å². The lowest BCUT2D eigenvalue weighted by Crippen LogP contribution is -2.43. The minimum Gasteiger partial charge on any atom is -0.198 e. The Labute approximate surface area is 125 Å². The van der Waals surface area contributed by atoms with Crippen LogP contribution in [0.4, 0.5) is 0 Å². The zero-order valence-electron chi connectivity index (χ0n) is 12.0. The molecule has 1 saturated carbocycles. The van der Waals surface area contributed by atoms with Crippen LogP contribution in [0.3, 0.4) is 0 Å². The first-order valence-corrected chi connectivity index (χ1v) is 7.21. The minimum atomic E-state index is -1.88. The Morgan fingerprint density at radius 3 is 1.67 bits per heavy atom. The molecule has 21 heavy (non-hydrogen) atoms. The van der Waals surface area contributed by atoms with Gasteiger partial charge >= 0.3 is 0 Å². The highest BCUT2D eigenvalue weighted by atomic mass is 14.6. The average Bonchev–Trinajstić information content (AvgIpc) is 2.56. The maximum absolute atomic E-state index is 9.56. The Bertz CT molecular complexity index is 544. The van der Waals surface area contributed by atoms with E-state index in [1.165, 1.54) is 0 Å². The van der Waals surface area contributed by atoms with Crippen LogP contribution in [0.1, 0.15) is 51.4 Å². The summed E-state index contributed by atoms with van der Waals surface area (Å²) in [7, 11) is 0. The minimum absolute atomic E-state index is 0.166. The third kappa shape index (κ3) is 2.82. The van der Waals surface area contributed by atoms with Crippen molar-refractivity contribution >= 4 is 0 Å². The van der Waals surface area contributed by atoms with Crippen molar-refractivity contribution in [1.82, 2.24) is 0 Å². The standard InChI is InChI=1S/C16H17N5/c17-9-14-7-5-3-1-2-4-6-8-15(10-18,11-19)16(14,12-20)13-21/h14H,1-8H2. The van der Waals surface area contributed by atoms with Crippen LogP contribution in [-0.2, 0) is 0 Å². The van der Waals surface area contributed by atoms with Crippen LogP contribution in [0.5, 0.6) is 0 Å². The summed E-state index contributed by atoms with van der Waals surface area (Å²) >= 11 is 0. The first-order chi connectivity index (χ1) is 10.2. The molecule has 5 heteroatoms. The predicted molar refractivity (Wildman–Crippen MR) is 73.4 cm³/mol. The van der Waals surface area contributed by atoms with E-state index in [1.54, 1.807) is 0 Å². The van der Waals surface area contributed by atoms with Gasteiger partial charge in [0.05, 0.1) is 36.3 Å². The molecule has 0 radical (unpaired) electrons. The van der Waals surface area contributed by atoms with Crippen molar-refractivity contribution in [2.45, 2.75) is 51.4 Å². The fourth-order valence-corrected chi connectivity index (χ4v) is 3.00. The van der Waals surface area contributed by atoms with Gasteiger partial charge in [0.1, 0.15) is 0 Å². The van der Waals surface area contributed by atoms with Gasteiger partial charge in [0.2, 0.25) is 0 Å². The molecule has 0 heterocycles. The molecule has 106 valence electrons. The van der Waals surface area contributed by atoms with Crippen molar-refractivity contribution in [1.29, 1.82) is 26.3 Å². The summed E-state index contributed by atoms with van der Waals surface area (Å²) in [5.74, 6) is -0.912. The van der Waals surface area contributed by atoms with Crippen LogP contribution in [0.2, 0.25) is 0 Å². The zero-order chi connectivity index (χ0) is 15.8. The van der Waals surface area contributed by atoms with Gasteiger partial charge in [0.15, 0.2) is 10.8 Å². The van der Waals surface area contributed by atoms with Gasteiger partial charge in [-0.3, -0.25) is 0 Å². The molecule has 1 unspecified atom stereocenters. The van der Waals surface area contributed by atoms with Crippen molar-refractivity contribution in [2.75, 3.05) is 0 Å². The number of hydrogen-bond donors (Lipinski definition) is 0. The summed E-state index contributed by atoms with van der Waals surface area (Å²) in [6.45, 7) is 0. The third-order valence-electron chi connectivity index (χ3n) is 4.38. The second-order valence-electron chi connectivity index (χ2n) is 5.50. The van der Waals surface area contributed by atoms with E-state index in [9.17, 15) is 26.3 Å². The lowest BCUT2D eigenvalue weighted by molar-refractivity contribution is 0.203. The average molecular weight is 279 g/mol. The summed E-state index contributed by atoms with van der Waals surface area (Å²) in [4.78, 5) is 0. The Morgan fingerprint density at radius 2 is 1.19 bits per heavy atom. The van der Waals surface area contributed by atoms with E-state index in [1.807, 2.05) is 30.3 Å². The highest BCUT2D eigenvalue weighted by molar-refractivity contribution is 5.37. The maximum Gasteiger partial charge on any atom is 0.190 e. The SMILES string of the molecule is N#CC1CCCCCCCCC(C#N)(C#N)C1(C#N)C#N. The molecule has 1 rings (SSSR count). The lowest BCUT2D eigenvalue weighted by Gasteiger charge is -2.34. The first-order valence-electron chi connectivity index (χ1n) is 7.21. The summed E-state index contributed by atoms with van der Waals surface area (Å²) in [5, 5.41) is 47.6. The van der Waals surface area contributed by atoms with E-state index in [2.05, 4.69) is 0 Å². The Kier molecular flexibility index (Phi) is 5.73. The molecule has 1 aliphatic carbocycles. The number of hydrogen-bond acceptors (Lipinski definition) is 5. The summed E-state index contributed by atoms with van der Waals surface area (Å²) in [6, 6.07) is 9.55. The summed E-state index contributed by atoms with van der Waals surface area (Å²) < 4.78 is 0. The van der Waals surface area contributed by atoms with E-state index < -0.39 is 16.7 Å². The molecular weight excluding hydrogens is 262 g/mol. The summed E-state index contributed by atoms with van der Waals surface area (Å²) in [6.07, 6.45) is 5.75. The molecule has 1 atom stereocenters. The van der Waals surface area contributed by atoms with Crippen molar-refractivity contribution in [3.63, 3.8) is 0 Å². The maximum atomic E-state index is 9.56. The first kappa shape index (κ1) is 16.5. The zero-order valence-corrected chi connectivity index (χ0v) is 12.0. The molecule has 1 aliphatic rings. The number of rotatable bonds is 0. The van der Waals surface area contributed by atoms with Gasteiger partial charge in [0, 0.05) is 0 Å². The predicted octanol–water partition coefficient (Wildman–Crippen LogP) is 3.33. The van der Waals surface area contributed by atoms with Crippen molar-refractivity contribution in [3.8, 4) is 30.3 Å². The van der Waals surface area contributed by atoms with Crippen molar-refractivity contribution in [2.24, 2.45) is 16.7 Å². The third-order valence-corrected chi connectivity index (χ3v) is 4.38. The molecule has 0 N–H and O–H groups in total. The molecule has 0 bridgehead atoms. The molecule has 0 aliphatic heterocycles. The van der Waals surface area contributed by atoms with Gasteiger partial charge < -0.3 is 0 Å². The largest absolute Gasteiger partial charge is 0.198 e. The van der Waals surface area contributed by atoms with E-state index in [0.29, 0.717) is 12.8 Å². The Hall–Kier alpha value is -2.55. The highest BCUT2D eigenvalue weighted by Gasteiger charge is 2.58. The van der Waals surface area contributed by atoms with Gasteiger partial charge in [-0.25, -0.2) is 0 Å². The van der Waals surface area contributed by atoms with Crippen LogP contribution in [-0.4, -0.2) is 0 Å². The van der Waals surface area contributed by atoms with Crippen molar-refractivity contribution in [3.05, 3.63) is 0 Å². The second-order valence-corrected chi connectivity index (χ2v) is 5.50. The smallest absolute Gasteiger partial charge is 0.190 e. The molecular formula is C16H17N5. The molecule has 1 fully saturated rings. The Morgan fingerprint density at radius 1 is 0.667 bits per heavy atom. The summed E-state index contributed by atoms with van der Waals surface area (Å²) in [5.41, 5.74) is -3.61. The van der Waals surface area contributed by atoms with Crippen molar-refractivity contribution < 1.29 is 0 Å². The molecule has 0 aromatic carbocycles. The van der Waals surface area contributed by atoms with E-state index in [0.717, 1.165) is 32.1 Å². The van der Waals surface area contributed by atoms with Crippen LogP contribution >= 0.6 is 0 Å². The van der Waals surface area contributed by atoms with Crippen LogP contribution in [0, 0.1) is 73.4 Å². The normalized spacial score (nSPS) is 24.6. The Balaban J connectivity index is 3.42. The van der Waals surface area contributed by atoms with Crippen LogP contribution in [0.15, 0.2) is 0 Å². The number of nitriles is 5. The van der Waals surface area contributed by atoms with Crippen LogP contribution in [0.25, 0.3) is 0 Å². The van der Waals surface area contributed by atoms with E-state index in [-0.39, 0.29) is 6.42 Å². The fourth-order valence-electron chi connectivity index (χ4n) is 3.00. The molecule has 0 spiro atoms. The molecule has 0 aromatic heterocycles. The molecule has 0 saturated heterocycles. The molecule has 0 aromatic rings. The molecule has 0 amide bonds. The van der Waals surface area contributed by atoms with E-state index >= 15 is 0 Å². The molecule has 5 nitrogen and oxygen atoms in total. The second kappa shape index (κ2) is 7.29. The number of nitrogens with zero attached hydrogens (tertiary/aromatic N) is 5. The van der Waals surface area contributed by atoms with Gasteiger partial charge in [-0.15, -0.1) is 0 Å². The topological polar surface area (TPSA) is 119 Å². The van der Waals surface area contributed by atoms with Gasteiger partial charge in [-0.2, -0.15) is 26.3 Å². The van der Waals surface area contributed by atoms with Gasteiger partial charge in [-0.05, 0) is 12.8 Å². The highest BCUT2D eigenvalue weighted by Crippen LogP contribution is 2.49.